The van der Waals surface area contributed by atoms with Crippen LogP contribution in [0, 0.1) is 25.7 Å². The van der Waals surface area contributed by atoms with Crippen LogP contribution in [0.4, 0.5) is 0 Å². The molecule has 1 saturated heterocycles. The van der Waals surface area contributed by atoms with Crippen LogP contribution in [0.5, 0.6) is 0 Å². The van der Waals surface area contributed by atoms with Gasteiger partial charge in [0.25, 0.3) is 0 Å². The summed E-state index contributed by atoms with van der Waals surface area (Å²) in [5.41, 5.74) is 2.03. The first-order valence-corrected chi connectivity index (χ1v) is 8.39. The number of hydrogen-bond acceptors (Lipinski definition) is 4. The fourth-order valence-corrected chi connectivity index (χ4v) is 3.36. The summed E-state index contributed by atoms with van der Waals surface area (Å²) < 4.78 is 5.18. The molecule has 1 aliphatic heterocycles. The predicted molar refractivity (Wildman–Crippen MR) is 93.9 cm³/mol. The molecule has 0 aromatic carbocycles. The lowest BCUT2D eigenvalue weighted by molar-refractivity contribution is -0.122. The Hall–Kier alpha value is -1.07. The molecule has 2 N–H and O–H groups in total. The van der Waals surface area contributed by atoms with Crippen molar-refractivity contribution in [3.05, 3.63) is 17.0 Å². The quantitative estimate of drug-likeness (QED) is 0.833. The highest BCUT2D eigenvalue weighted by Crippen LogP contribution is 2.24. The van der Waals surface area contributed by atoms with Gasteiger partial charge in [0, 0.05) is 18.0 Å². The summed E-state index contributed by atoms with van der Waals surface area (Å²) in [6.45, 7) is 10.3. The lowest BCUT2D eigenvalue weighted by Gasteiger charge is -2.28. The van der Waals surface area contributed by atoms with Gasteiger partial charge < -0.3 is 15.2 Å². The van der Waals surface area contributed by atoms with Crippen molar-refractivity contribution < 1.29 is 9.32 Å². The van der Waals surface area contributed by atoms with E-state index in [2.05, 4.69) is 22.7 Å². The van der Waals surface area contributed by atoms with E-state index in [4.69, 9.17) is 4.52 Å². The zero-order chi connectivity index (χ0) is 16.1. The lowest BCUT2D eigenvalue weighted by Crippen LogP contribution is -2.37. The third-order valence-corrected chi connectivity index (χ3v) is 4.79. The van der Waals surface area contributed by atoms with Gasteiger partial charge in [0.15, 0.2) is 0 Å². The highest BCUT2D eigenvalue weighted by Gasteiger charge is 2.23. The molecule has 5 nitrogen and oxygen atoms in total. The average molecular weight is 344 g/mol. The average Bonchev–Trinajstić information content (AvgIpc) is 2.79. The molecule has 0 bridgehead atoms. The van der Waals surface area contributed by atoms with Crippen LogP contribution in [-0.2, 0) is 11.2 Å². The standard InChI is InChI=1S/C17H29N3O2.ClH/c1-11(15-5-7-18-8-6-15)9-17(21)19-12(2)10-16-13(3)20-22-14(16)4;/h11-12,15,18H,5-10H2,1-4H3,(H,19,21);1H. The van der Waals surface area contributed by atoms with E-state index < -0.39 is 0 Å². The van der Waals surface area contributed by atoms with Gasteiger partial charge in [-0.25, -0.2) is 0 Å². The first-order valence-electron chi connectivity index (χ1n) is 8.39. The molecule has 23 heavy (non-hydrogen) atoms. The van der Waals surface area contributed by atoms with Crippen molar-refractivity contribution in [2.24, 2.45) is 11.8 Å². The van der Waals surface area contributed by atoms with E-state index in [1.54, 1.807) is 0 Å². The molecule has 2 atom stereocenters. The number of rotatable bonds is 6. The van der Waals surface area contributed by atoms with Gasteiger partial charge in [0.2, 0.25) is 5.91 Å². The van der Waals surface area contributed by atoms with Crippen molar-refractivity contribution in [2.75, 3.05) is 13.1 Å². The Morgan fingerprint density at radius 2 is 2.00 bits per heavy atom. The fourth-order valence-electron chi connectivity index (χ4n) is 3.36. The van der Waals surface area contributed by atoms with E-state index in [1.807, 2.05) is 20.8 Å². The summed E-state index contributed by atoms with van der Waals surface area (Å²) in [6.07, 6.45) is 3.76. The Kier molecular flexibility index (Phi) is 8.06. The van der Waals surface area contributed by atoms with Gasteiger partial charge in [-0.15, -0.1) is 12.4 Å². The van der Waals surface area contributed by atoms with Crippen LogP contribution in [0.25, 0.3) is 0 Å². The number of hydrogen-bond donors (Lipinski definition) is 2. The molecule has 2 rings (SSSR count). The van der Waals surface area contributed by atoms with E-state index in [0.717, 1.165) is 36.5 Å². The Balaban J connectivity index is 0.00000264. The summed E-state index contributed by atoms with van der Waals surface area (Å²) in [5.74, 6) is 2.13. The molecule has 1 amide bonds. The summed E-state index contributed by atoms with van der Waals surface area (Å²) in [6, 6.07) is 0.101. The van der Waals surface area contributed by atoms with E-state index in [-0.39, 0.29) is 24.4 Å². The zero-order valence-electron chi connectivity index (χ0n) is 14.6. The monoisotopic (exact) mass is 343 g/mol. The van der Waals surface area contributed by atoms with Gasteiger partial charge in [-0.1, -0.05) is 12.1 Å². The number of aryl methyl sites for hydroxylation is 2. The summed E-state index contributed by atoms with van der Waals surface area (Å²) >= 11 is 0. The SMILES string of the molecule is Cc1noc(C)c1CC(C)NC(=O)CC(C)C1CCNCC1.Cl. The minimum absolute atomic E-state index is 0. The minimum Gasteiger partial charge on any atom is -0.361 e. The molecule has 0 saturated carbocycles. The largest absolute Gasteiger partial charge is 0.361 e. The van der Waals surface area contributed by atoms with Crippen LogP contribution < -0.4 is 10.6 Å². The van der Waals surface area contributed by atoms with Gasteiger partial charge in [-0.05, 0) is 65.0 Å². The molecule has 1 fully saturated rings. The third-order valence-electron chi connectivity index (χ3n) is 4.79. The normalized spacial score (nSPS) is 18.1. The van der Waals surface area contributed by atoms with Gasteiger partial charge >= 0.3 is 0 Å². The van der Waals surface area contributed by atoms with E-state index >= 15 is 0 Å². The molecule has 132 valence electrons. The second kappa shape index (κ2) is 9.28. The second-order valence-electron chi connectivity index (χ2n) is 6.74. The molecule has 1 aromatic rings. The number of halogens is 1. The first kappa shape index (κ1) is 20.0. The molecule has 2 heterocycles. The van der Waals surface area contributed by atoms with Crippen LogP contribution >= 0.6 is 12.4 Å². The van der Waals surface area contributed by atoms with Gasteiger partial charge in [-0.3, -0.25) is 4.79 Å². The fraction of sp³-hybridized carbons (Fsp3) is 0.765. The molecule has 0 aliphatic carbocycles. The Morgan fingerprint density at radius 1 is 1.35 bits per heavy atom. The molecule has 1 aromatic heterocycles. The van der Waals surface area contributed by atoms with Crippen LogP contribution in [-0.4, -0.2) is 30.2 Å². The maximum atomic E-state index is 12.2. The number of nitrogens with zero attached hydrogens (tertiary/aromatic N) is 1. The second-order valence-corrected chi connectivity index (χ2v) is 6.74. The van der Waals surface area contributed by atoms with Gasteiger partial charge in [0.05, 0.1) is 5.69 Å². The minimum atomic E-state index is 0. The van der Waals surface area contributed by atoms with Crippen molar-refractivity contribution in [3.8, 4) is 0 Å². The van der Waals surface area contributed by atoms with Crippen molar-refractivity contribution in [1.29, 1.82) is 0 Å². The van der Waals surface area contributed by atoms with E-state index in [1.165, 1.54) is 12.8 Å². The molecular formula is C17H30ClN3O2. The van der Waals surface area contributed by atoms with Gasteiger partial charge in [-0.2, -0.15) is 0 Å². The highest BCUT2D eigenvalue weighted by molar-refractivity contribution is 5.85. The smallest absolute Gasteiger partial charge is 0.220 e. The highest BCUT2D eigenvalue weighted by atomic mass is 35.5. The number of amides is 1. The van der Waals surface area contributed by atoms with Crippen LogP contribution in [0.1, 0.15) is 50.1 Å². The lowest BCUT2D eigenvalue weighted by atomic mass is 9.84. The van der Waals surface area contributed by atoms with Crippen LogP contribution in [0.15, 0.2) is 4.52 Å². The number of carbonyl (C=O) groups is 1. The summed E-state index contributed by atoms with van der Waals surface area (Å²) in [4.78, 5) is 12.2. The van der Waals surface area contributed by atoms with Crippen molar-refractivity contribution in [3.63, 3.8) is 0 Å². The molecule has 6 heteroatoms. The number of carbonyl (C=O) groups excluding carboxylic acids is 1. The summed E-state index contributed by atoms with van der Waals surface area (Å²) in [5, 5.41) is 10.5. The maximum absolute atomic E-state index is 12.2. The van der Waals surface area contributed by atoms with Crippen molar-refractivity contribution in [2.45, 2.75) is 59.4 Å². The molecule has 0 spiro atoms. The maximum Gasteiger partial charge on any atom is 0.220 e. The topological polar surface area (TPSA) is 67.2 Å². The van der Waals surface area contributed by atoms with E-state index in [0.29, 0.717) is 18.3 Å². The van der Waals surface area contributed by atoms with Crippen molar-refractivity contribution in [1.82, 2.24) is 15.8 Å². The molecular weight excluding hydrogens is 314 g/mol. The third kappa shape index (κ3) is 5.81. The van der Waals surface area contributed by atoms with Gasteiger partial charge in [0.1, 0.15) is 5.76 Å². The Bertz CT molecular complexity index is 479. The van der Waals surface area contributed by atoms with Crippen LogP contribution in [0.2, 0.25) is 0 Å². The van der Waals surface area contributed by atoms with E-state index in [9.17, 15) is 4.79 Å². The Labute approximate surface area is 145 Å². The molecule has 1 aliphatic rings. The molecule has 2 unspecified atom stereocenters. The van der Waals surface area contributed by atoms with Crippen molar-refractivity contribution >= 4 is 18.3 Å². The predicted octanol–water partition coefficient (Wildman–Crippen LogP) is 2.79. The van der Waals surface area contributed by atoms with Crippen LogP contribution in [0.3, 0.4) is 0 Å². The zero-order valence-corrected chi connectivity index (χ0v) is 15.5. The number of aromatic nitrogens is 1. The number of nitrogens with one attached hydrogen (secondary N) is 2. The summed E-state index contributed by atoms with van der Waals surface area (Å²) in [7, 11) is 0. The first-order chi connectivity index (χ1) is 10.5. The Morgan fingerprint density at radius 3 is 2.57 bits per heavy atom. The number of piperidine rings is 1. The molecule has 0 radical (unpaired) electrons.